The van der Waals surface area contributed by atoms with E-state index in [2.05, 4.69) is 4.98 Å². The molecule has 1 unspecified atom stereocenters. The van der Waals surface area contributed by atoms with Crippen LogP contribution in [0.3, 0.4) is 0 Å². The van der Waals surface area contributed by atoms with Crippen molar-refractivity contribution >= 4 is 11.8 Å². The van der Waals surface area contributed by atoms with E-state index in [0.717, 1.165) is 32.2 Å². The Morgan fingerprint density at radius 3 is 2.88 bits per heavy atom. The SMILES string of the molecule is COCCN1CCC2(CCCN(C(=O)c3cccnc3)CC2)C1=O. The molecule has 6 heteroatoms. The van der Waals surface area contributed by atoms with Gasteiger partial charge in [-0.3, -0.25) is 14.6 Å². The minimum Gasteiger partial charge on any atom is -0.383 e. The summed E-state index contributed by atoms with van der Waals surface area (Å²) in [6.45, 7) is 3.39. The lowest BCUT2D eigenvalue weighted by molar-refractivity contribution is -0.137. The maximum absolute atomic E-state index is 12.8. The van der Waals surface area contributed by atoms with Gasteiger partial charge in [-0.15, -0.1) is 0 Å². The second-order valence-corrected chi connectivity index (χ2v) is 6.70. The summed E-state index contributed by atoms with van der Waals surface area (Å²) in [4.78, 5) is 33.3. The zero-order valence-corrected chi connectivity index (χ0v) is 14.2. The molecule has 1 spiro atoms. The monoisotopic (exact) mass is 331 g/mol. The molecule has 0 N–H and O–H groups in total. The van der Waals surface area contributed by atoms with Crippen LogP contribution in [0.25, 0.3) is 0 Å². The lowest BCUT2D eigenvalue weighted by Crippen LogP contribution is -2.37. The van der Waals surface area contributed by atoms with Crippen molar-refractivity contribution in [3.8, 4) is 0 Å². The quantitative estimate of drug-likeness (QED) is 0.840. The van der Waals surface area contributed by atoms with E-state index in [1.165, 1.54) is 0 Å². The van der Waals surface area contributed by atoms with Gasteiger partial charge in [-0.1, -0.05) is 0 Å². The van der Waals surface area contributed by atoms with Gasteiger partial charge >= 0.3 is 0 Å². The maximum atomic E-state index is 12.8. The molecule has 1 aromatic heterocycles. The van der Waals surface area contributed by atoms with Gasteiger partial charge in [0.1, 0.15) is 0 Å². The third kappa shape index (κ3) is 3.29. The number of hydrogen-bond donors (Lipinski definition) is 0. The summed E-state index contributed by atoms with van der Waals surface area (Å²) in [6.07, 6.45) is 6.66. The van der Waals surface area contributed by atoms with E-state index in [0.29, 0.717) is 31.8 Å². The van der Waals surface area contributed by atoms with Gasteiger partial charge in [-0.05, 0) is 37.8 Å². The molecule has 0 radical (unpaired) electrons. The molecule has 2 amide bonds. The molecule has 2 saturated heterocycles. The third-order valence-electron chi connectivity index (χ3n) is 5.31. The van der Waals surface area contributed by atoms with Crippen LogP contribution in [0.2, 0.25) is 0 Å². The van der Waals surface area contributed by atoms with Crippen LogP contribution < -0.4 is 0 Å². The molecule has 0 bridgehead atoms. The standard InChI is InChI=1S/C18H25N3O3/c1-24-13-12-21-11-7-18(17(21)23)5-3-9-20(10-6-18)16(22)15-4-2-8-19-14-15/h2,4,8,14H,3,5-7,9-13H2,1H3. The van der Waals surface area contributed by atoms with Crippen molar-refractivity contribution in [2.45, 2.75) is 25.7 Å². The van der Waals surface area contributed by atoms with Gasteiger partial charge < -0.3 is 14.5 Å². The molecule has 130 valence electrons. The number of aromatic nitrogens is 1. The van der Waals surface area contributed by atoms with Crippen LogP contribution in [-0.4, -0.2) is 66.5 Å². The van der Waals surface area contributed by atoms with Crippen molar-refractivity contribution in [2.24, 2.45) is 5.41 Å². The summed E-state index contributed by atoms with van der Waals surface area (Å²) in [7, 11) is 1.66. The molecule has 3 rings (SSSR count). The normalized spacial score (nSPS) is 24.5. The Labute approximate surface area is 142 Å². The highest BCUT2D eigenvalue weighted by molar-refractivity contribution is 5.94. The van der Waals surface area contributed by atoms with E-state index in [1.54, 1.807) is 31.6 Å². The average Bonchev–Trinajstić information content (AvgIpc) is 2.79. The van der Waals surface area contributed by atoms with E-state index in [4.69, 9.17) is 4.74 Å². The van der Waals surface area contributed by atoms with Gasteiger partial charge in [0, 0.05) is 45.7 Å². The topological polar surface area (TPSA) is 62.7 Å². The molecule has 1 atom stereocenters. The number of pyridine rings is 1. The Kier molecular flexibility index (Phi) is 5.14. The summed E-state index contributed by atoms with van der Waals surface area (Å²) in [5.41, 5.74) is 0.338. The molecule has 0 aromatic carbocycles. The predicted molar refractivity (Wildman–Crippen MR) is 89.5 cm³/mol. The molecule has 2 aliphatic rings. The van der Waals surface area contributed by atoms with Crippen LogP contribution in [0.5, 0.6) is 0 Å². The summed E-state index contributed by atoms with van der Waals surface area (Å²) in [5.74, 6) is 0.261. The molecular formula is C18H25N3O3. The first-order chi connectivity index (χ1) is 11.7. The van der Waals surface area contributed by atoms with Crippen LogP contribution in [0.4, 0.5) is 0 Å². The van der Waals surface area contributed by atoms with E-state index < -0.39 is 0 Å². The molecule has 2 aliphatic heterocycles. The van der Waals surface area contributed by atoms with Crippen LogP contribution in [-0.2, 0) is 9.53 Å². The smallest absolute Gasteiger partial charge is 0.255 e. The first-order valence-electron chi connectivity index (χ1n) is 8.64. The largest absolute Gasteiger partial charge is 0.383 e. The van der Waals surface area contributed by atoms with Crippen molar-refractivity contribution in [3.63, 3.8) is 0 Å². The number of methoxy groups -OCH3 is 1. The molecule has 6 nitrogen and oxygen atoms in total. The Morgan fingerprint density at radius 1 is 1.29 bits per heavy atom. The number of nitrogens with zero attached hydrogens (tertiary/aromatic N) is 3. The number of rotatable bonds is 4. The number of carbonyl (C=O) groups excluding carboxylic acids is 2. The Hall–Kier alpha value is -1.95. The Bertz CT molecular complexity index is 592. The zero-order chi connectivity index (χ0) is 17.0. The molecule has 24 heavy (non-hydrogen) atoms. The molecule has 0 aliphatic carbocycles. The summed E-state index contributed by atoms with van der Waals surface area (Å²) >= 11 is 0. The molecule has 1 aromatic rings. The second-order valence-electron chi connectivity index (χ2n) is 6.70. The summed E-state index contributed by atoms with van der Waals surface area (Å²) in [5, 5.41) is 0. The van der Waals surface area contributed by atoms with Crippen molar-refractivity contribution in [3.05, 3.63) is 30.1 Å². The van der Waals surface area contributed by atoms with Crippen LogP contribution in [0.15, 0.2) is 24.5 Å². The fraction of sp³-hybridized carbons (Fsp3) is 0.611. The summed E-state index contributed by atoms with van der Waals surface area (Å²) in [6, 6.07) is 3.57. The highest BCUT2D eigenvalue weighted by Crippen LogP contribution is 2.41. The van der Waals surface area contributed by atoms with E-state index in [1.807, 2.05) is 9.80 Å². The lowest BCUT2D eigenvalue weighted by Gasteiger charge is -2.26. The lowest BCUT2D eigenvalue weighted by atomic mass is 9.79. The molecule has 2 fully saturated rings. The summed E-state index contributed by atoms with van der Waals surface area (Å²) < 4.78 is 5.10. The third-order valence-corrected chi connectivity index (χ3v) is 5.31. The highest BCUT2D eigenvalue weighted by Gasteiger charge is 2.46. The number of likely N-dealkylation sites (tertiary alicyclic amines) is 2. The number of ether oxygens (including phenoxy) is 1. The van der Waals surface area contributed by atoms with Crippen molar-refractivity contribution in [2.75, 3.05) is 39.9 Å². The predicted octanol–water partition coefficient (Wildman–Crippen LogP) is 1.57. The second kappa shape index (κ2) is 7.30. The highest BCUT2D eigenvalue weighted by atomic mass is 16.5. The minimum atomic E-state index is -0.280. The van der Waals surface area contributed by atoms with E-state index in [-0.39, 0.29) is 17.2 Å². The fourth-order valence-corrected chi connectivity index (χ4v) is 3.84. The minimum absolute atomic E-state index is 0.0156. The van der Waals surface area contributed by atoms with Crippen LogP contribution in [0.1, 0.15) is 36.0 Å². The Morgan fingerprint density at radius 2 is 2.12 bits per heavy atom. The van der Waals surface area contributed by atoms with Crippen LogP contribution >= 0.6 is 0 Å². The first kappa shape index (κ1) is 16.9. The van der Waals surface area contributed by atoms with Gasteiger partial charge in [0.2, 0.25) is 5.91 Å². The average molecular weight is 331 g/mol. The zero-order valence-electron chi connectivity index (χ0n) is 14.2. The molecular weight excluding hydrogens is 306 g/mol. The van der Waals surface area contributed by atoms with Crippen molar-refractivity contribution in [1.82, 2.24) is 14.8 Å². The number of carbonyl (C=O) groups is 2. The van der Waals surface area contributed by atoms with E-state index in [9.17, 15) is 9.59 Å². The van der Waals surface area contributed by atoms with Crippen molar-refractivity contribution < 1.29 is 14.3 Å². The number of hydrogen-bond acceptors (Lipinski definition) is 4. The van der Waals surface area contributed by atoms with Gasteiger partial charge in [0.25, 0.3) is 5.91 Å². The molecule has 3 heterocycles. The Balaban J connectivity index is 1.65. The van der Waals surface area contributed by atoms with Gasteiger partial charge in [-0.25, -0.2) is 0 Å². The van der Waals surface area contributed by atoms with Crippen LogP contribution in [0, 0.1) is 5.41 Å². The molecule has 0 saturated carbocycles. The van der Waals surface area contributed by atoms with Gasteiger partial charge in [0.15, 0.2) is 0 Å². The van der Waals surface area contributed by atoms with Gasteiger partial charge in [-0.2, -0.15) is 0 Å². The number of amides is 2. The first-order valence-corrected chi connectivity index (χ1v) is 8.64. The van der Waals surface area contributed by atoms with Gasteiger partial charge in [0.05, 0.1) is 17.6 Å². The fourth-order valence-electron chi connectivity index (χ4n) is 3.84. The maximum Gasteiger partial charge on any atom is 0.255 e. The van der Waals surface area contributed by atoms with Crippen molar-refractivity contribution in [1.29, 1.82) is 0 Å². The van der Waals surface area contributed by atoms with E-state index >= 15 is 0 Å².